The number of carbonyl (C=O) groups excluding carboxylic acids is 1. The smallest absolute Gasteiger partial charge is 0.338 e. The Hall–Kier alpha value is -3.19. The Morgan fingerprint density at radius 3 is 2.19 bits per heavy atom. The minimum atomic E-state index is -0.464. The topological polar surface area (TPSA) is 78.7 Å². The van der Waals surface area contributed by atoms with Crippen molar-refractivity contribution >= 4 is 27.6 Å². The second kappa shape index (κ2) is 8.46. The summed E-state index contributed by atoms with van der Waals surface area (Å²) in [6.45, 7) is 0.142. The fourth-order valence-electron chi connectivity index (χ4n) is 2.27. The van der Waals surface area contributed by atoms with Gasteiger partial charge in [0, 0.05) is 16.6 Å². The quantitative estimate of drug-likeness (QED) is 0.294. The van der Waals surface area contributed by atoms with E-state index in [2.05, 4.69) is 15.9 Å². The number of hydrogen-bond donors (Lipinski definition) is 0. The Morgan fingerprint density at radius 2 is 1.59 bits per heavy atom. The lowest BCUT2D eigenvalue weighted by atomic mass is 10.2. The molecule has 0 heterocycles. The second-order valence-electron chi connectivity index (χ2n) is 5.58. The molecule has 27 heavy (non-hydrogen) atoms. The van der Waals surface area contributed by atoms with E-state index in [1.54, 1.807) is 42.5 Å². The first-order chi connectivity index (χ1) is 13.0. The predicted molar refractivity (Wildman–Crippen MR) is 103 cm³/mol. The SMILES string of the molecule is O=C(OCc1ccc(Oc2ccc([N+](=O)[O-])cc2)cc1)c1cccc(Br)c1. The zero-order valence-corrected chi connectivity index (χ0v) is 15.6. The van der Waals surface area contributed by atoms with Gasteiger partial charge in [0.1, 0.15) is 18.1 Å². The summed E-state index contributed by atoms with van der Waals surface area (Å²) >= 11 is 3.32. The maximum absolute atomic E-state index is 12.0. The molecule has 0 radical (unpaired) electrons. The van der Waals surface area contributed by atoms with Crippen molar-refractivity contribution in [2.45, 2.75) is 6.61 Å². The van der Waals surface area contributed by atoms with Crippen molar-refractivity contribution < 1.29 is 19.2 Å². The Bertz CT molecular complexity index is 955. The van der Waals surface area contributed by atoms with Crippen molar-refractivity contribution in [2.75, 3.05) is 0 Å². The number of nitrogens with zero attached hydrogens (tertiary/aromatic N) is 1. The monoisotopic (exact) mass is 427 g/mol. The predicted octanol–water partition coefficient (Wildman–Crippen LogP) is 5.51. The fourth-order valence-corrected chi connectivity index (χ4v) is 2.67. The summed E-state index contributed by atoms with van der Waals surface area (Å²) < 4.78 is 11.7. The van der Waals surface area contributed by atoms with Gasteiger partial charge in [-0.2, -0.15) is 0 Å². The minimum absolute atomic E-state index is 0.00459. The molecular formula is C20H14BrNO5. The molecule has 6 nitrogen and oxygen atoms in total. The minimum Gasteiger partial charge on any atom is -0.457 e. The molecule has 3 aromatic carbocycles. The van der Waals surface area contributed by atoms with E-state index < -0.39 is 10.9 Å². The molecule has 0 amide bonds. The molecule has 3 aromatic rings. The molecule has 0 atom stereocenters. The lowest BCUT2D eigenvalue weighted by Gasteiger charge is -2.08. The molecule has 0 spiro atoms. The van der Waals surface area contributed by atoms with Gasteiger partial charge in [-0.25, -0.2) is 4.79 Å². The largest absolute Gasteiger partial charge is 0.457 e. The number of esters is 1. The van der Waals surface area contributed by atoms with E-state index in [1.807, 2.05) is 6.07 Å². The van der Waals surface area contributed by atoms with Crippen LogP contribution >= 0.6 is 15.9 Å². The van der Waals surface area contributed by atoms with Gasteiger partial charge in [-0.3, -0.25) is 10.1 Å². The molecule has 0 saturated heterocycles. The summed E-state index contributed by atoms with van der Waals surface area (Å²) in [6.07, 6.45) is 0. The van der Waals surface area contributed by atoms with Crippen molar-refractivity contribution in [1.82, 2.24) is 0 Å². The third kappa shape index (κ3) is 5.15. The average Bonchev–Trinajstić information content (AvgIpc) is 2.67. The summed E-state index contributed by atoms with van der Waals surface area (Å²) in [7, 11) is 0. The van der Waals surface area contributed by atoms with Gasteiger partial charge >= 0.3 is 5.97 Å². The van der Waals surface area contributed by atoms with Crippen LogP contribution in [0.1, 0.15) is 15.9 Å². The number of ether oxygens (including phenoxy) is 2. The first kappa shape index (κ1) is 18.6. The highest BCUT2D eigenvalue weighted by atomic mass is 79.9. The molecule has 3 rings (SSSR count). The first-order valence-corrected chi connectivity index (χ1v) is 8.74. The molecule has 0 aliphatic rings. The zero-order chi connectivity index (χ0) is 19.2. The number of non-ortho nitro benzene ring substituents is 1. The molecule has 0 aliphatic heterocycles. The normalized spacial score (nSPS) is 10.3. The van der Waals surface area contributed by atoms with E-state index in [4.69, 9.17) is 9.47 Å². The molecule has 136 valence electrons. The Morgan fingerprint density at radius 1 is 0.963 bits per heavy atom. The van der Waals surface area contributed by atoms with Crippen molar-refractivity contribution in [1.29, 1.82) is 0 Å². The maximum Gasteiger partial charge on any atom is 0.338 e. The highest BCUT2D eigenvalue weighted by Gasteiger charge is 2.08. The molecule has 0 bridgehead atoms. The lowest BCUT2D eigenvalue weighted by Crippen LogP contribution is -2.05. The summed E-state index contributed by atoms with van der Waals surface area (Å²) in [5.41, 5.74) is 1.29. The summed E-state index contributed by atoms with van der Waals surface area (Å²) in [5.74, 6) is 0.669. The molecule has 0 unspecified atom stereocenters. The fraction of sp³-hybridized carbons (Fsp3) is 0.0500. The van der Waals surface area contributed by atoms with Gasteiger partial charge in [-0.15, -0.1) is 0 Å². The number of rotatable bonds is 6. The van der Waals surface area contributed by atoms with E-state index in [9.17, 15) is 14.9 Å². The van der Waals surface area contributed by atoms with Crippen LogP contribution in [0.5, 0.6) is 11.5 Å². The van der Waals surface area contributed by atoms with Crippen molar-refractivity contribution in [2.24, 2.45) is 0 Å². The van der Waals surface area contributed by atoms with Gasteiger partial charge in [-0.1, -0.05) is 34.1 Å². The molecule has 0 aliphatic carbocycles. The third-order valence-corrected chi connectivity index (χ3v) is 4.13. The average molecular weight is 428 g/mol. The van der Waals surface area contributed by atoms with Crippen molar-refractivity contribution in [3.63, 3.8) is 0 Å². The highest BCUT2D eigenvalue weighted by Crippen LogP contribution is 2.24. The van der Waals surface area contributed by atoms with E-state index in [-0.39, 0.29) is 12.3 Å². The summed E-state index contributed by atoms with van der Waals surface area (Å²) in [6, 6.07) is 19.9. The maximum atomic E-state index is 12.0. The first-order valence-electron chi connectivity index (χ1n) is 7.95. The van der Waals surface area contributed by atoms with Crippen LogP contribution in [0, 0.1) is 10.1 Å². The van der Waals surface area contributed by atoms with Crippen molar-refractivity contribution in [3.8, 4) is 11.5 Å². The van der Waals surface area contributed by atoms with E-state index in [0.29, 0.717) is 17.1 Å². The number of nitro benzene ring substituents is 1. The number of carbonyl (C=O) groups is 1. The Balaban J connectivity index is 1.57. The Labute approximate surface area is 163 Å². The number of hydrogen-bond acceptors (Lipinski definition) is 5. The standard InChI is InChI=1S/C20H14BrNO5/c21-16-3-1-2-15(12-16)20(23)26-13-14-4-8-18(9-5-14)27-19-10-6-17(7-11-19)22(24)25/h1-12H,13H2. The third-order valence-electron chi connectivity index (χ3n) is 3.64. The van der Waals surface area contributed by atoms with E-state index in [1.165, 1.54) is 24.3 Å². The van der Waals surface area contributed by atoms with Crippen LogP contribution in [0.3, 0.4) is 0 Å². The second-order valence-corrected chi connectivity index (χ2v) is 6.50. The van der Waals surface area contributed by atoms with Gasteiger partial charge < -0.3 is 9.47 Å². The molecule has 0 fully saturated rings. The van der Waals surface area contributed by atoms with Crippen LogP contribution in [-0.2, 0) is 11.3 Å². The van der Waals surface area contributed by atoms with E-state index >= 15 is 0 Å². The van der Waals surface area contributed by atoms with Crippen LogP contribution in [0.25, 0.3) is 0 Å². The van der Waals surface area contributed by atoms with Crippen LogP contribution in [-0.4, -0.2) is 10.9 Å². The number of benzene rings is 3. The molecule has 7 heteroatoms. The zero-order valence-electron chi connectivity index (χ0n) is 14.0. The van der Waals surface area contributed by atoms with Gasteiger partial charge in [0.2, 0.25) is 0 Å². The summed E-state index contributed by atoms with van der Waals surface area (Å²) in [4.78, 5) is 22.2. The van der Waals surface area contributed by atoms with E-state index in [0.717, 1.165) is 10.0 Å². The van der Waals surface area contributed by atoms with Crippen LogP contribution in [0.2, 0.25) is 0 Å². The lowest BCUT2D eigenvalue weighted by molar-refractivity contribution is -0.384. The van der Waals surface area contributed by atoms with Crippen LogP contribution < -0.4 is 4.74 Å². The molecule has 0 aromatic heterocycles. The van der Waals surface area contributed by atoms with Crippen molar-refractivity contribution in [3.05, 3.63) is 98.5 Å². The number of nitro groups is 1. The van der Waals surface area contributed by atoms with Gasteiger partial charge in [0.25, 0.3) is 5.69 Å². The molecular weight excluding hydrogens is 414 g/mol. The van der Waals surface area contributed by atoms with Crippen LogP contribution in [0.4, 0.5) is 5.69 Å². The number of halogens is 1. The van der Waals surface area contributed by atoms with Gasteiger partial charge in [0.15, 0.2) is 0 Å². The highest BCUT2D eigenvalue weighted by molar-refractivity contribution is 9.10. The summed E-state index contributed by atoms with van der Waals surface area (Å²) in [5, 5.41) is 10.7. The molecule has 0 N–H and O–H groups in total. The van der Waals surface area contributed by atoms with Gasteiger partial charge in [0.05, 0.1) is 10.5 Å². The van der Waals surface area contributed by atoms with Gasteiger partial charge in [-0.05, 0) is 48.0 Å². The molecule has 0 saturated carbocycles. The van der Waals surface area contributed by atoms with Crippen LogP contribution in [0.15, 0.2) is 77.3 Å². The Kier molecular flexibility index (Phi) is 5.83.